The second-order valence-electron chi connectivity index (χ2n) is 5.91. The minimum absolute atomic E-state index is 0.0616. The fourth-order valence-electron chi connectivity index (χ4n) is 3.08. The molecule has 3 rings (SSSR count). The van der Waals surface area contributed by atoms with Gasteiger partial charge in [0, 0.05) is 29.5 Å². The molecule has 3 nitrogen and oxygen atoms in total. The lowest BCUT2D eigenvalue weighted by atomic mass is 10.1. The highest BCUT2D eigenvalue weighted by Crippen LogP contribution is 2.31. The number of aryl methyl sites for hydroxylation is 1. The zero-order valence-electron chi connectivity index (χ0n) is 13.6. The van der Waals surface area contributed by atoms with E-state index in [4.69, 9.17) is 23.2 Å². The van der Waals surface area contributed by atoms with Crippen LogP contribution >= 0.6 is 23.2 Å². The van der Waals surface area contributed by atoms with E-state index < -0.39 is 0 Å². The number of halogens is 2. The molecule has 0 saturated heterocycles. The first kappa shape index (κ1) is 17.1. The lowest BCUT2D eigenvalue weighted by molar-refractivity contribution is 0.0987. The second-order valence-corrected chi connectivity index (χ2v) is 6.76. The van der Waals surface area contributed by atoms with Crippen molar-refractivity contribution in [1.29, 1.82) is 0 Å². The third kappa shape index (κ3) is 3.52. The van der Waals surface area contributed by atoms with Crippen molar-refractivity contribution in [2.75, 3.05) is 23.3 Å². The van der Waals surface area contributed by atoms with E-state index in [1.165, 1.54) is 0 Å². The topological polar surface area (TPSA) is 32.3 Å². The molecule has 0 atom stereocenters. The number of nitrogens with zero attached hydrogens (tertiary/aromatic N) is 1. The van der Waals surface area contributed by atoms with Crippen LogP contribution in [0.25, 0.3) is 0 Å². The number of hydrogen-bond donors (Lipinski definition) is 1. The summed E-state index contributed by atoms with van der Waals surface area (Å²) in [7, 11) is 0. The number of rotatable bonds is 3. The molecule has 24 heavy (non-hydrogen) atoms. The summed E-state index contributed by atoms with van der Waals surface area (Å²) in [5.41, 5.74) is 3.51. The van der Waals surface area contributed by atoms with Crippen LogP contribution in [0, 0.1) is 0 Å². The molecule has 0 bridgehead atoms. The van der Waals surface area contributed by atoms with Crippen LogP contribution in [0.1, 0.15) is 35.7 Å². The van der Waals surface area contributed by atoms with Gasteiger partial charge in [-0.25, -0.2) is 0 Å². The highest BCUT2D eigenvalue weighted by molar-refractivity contribution is 6.35. The number of fused-ring (bicyclic) bond motifs is 1. The molecule has 0 fully saturated rings. The summed E-state index contributed by atoms with van der Waals surface area (Å²) in [5.74, 6) is -0.0616. The summed E-state index contributed by atoms with van der Waals surface area (Å²) in [6.07, 6.45) is 2.95. The highest BCUT2D eigenvalue weighted by atomic mass is 35.5. The number of amides is 1. The van der Waals surface area contributed by atoms with Crippen molar-refractivity contribution >= 4 is 40.5 Å². The van der Waals surface area contributed by atoms with Crippen molar-refractivity contribution in [1.82, 2.24) is 0 Å². The Morgan fingerprint density at radius 2 is 2.00 bits per heavy atom. The van der Waals surface area contributed by atoms with Crippen molar-refractivity contribution in [2.45, 2.75) is 26.2 Å². The molecule has 1 heterocycles. The molecule has 2 aromatic carbocycles. The number of anilines is 2. The third-order valence-electron chi connectivity index (χ3n) is 4.24. The van der Waals surface area contributed by atoms with E-state index in [0.29, 0.717) is 22.2 Å². The summed E-state index contributed by atoms with van der Waals surface area (Å²) < 4.78 is 0. The lowest BCUT2D eigenvalue weighted by Gasteiger charge is -2.24. The van der Waals surface area contributed by atoms with Crippen molar-refractivity contribution in [3.8, 4) is 0 Å². The fraction of sp³-hybridized carbons (Fsp3) is 0.316. The molecule has 0 aromatic heterocycles. The highest BCUT2D eigenvalue weighted by Gasteiger charge is 2.24. The SMILES string of the molecule is CCNc1ccc(C(=O)N2CCCCc3cc(Cl)ccc32)c(Cl)c1. The number of carbonyl (C=O) groups is 1. The summed E-state index contributed by atoms with van der Waals surface area (Å²) >= 11 is 12.5. The maximum atomic E-state index is 13.1. The number of benzene rings is 2. The summed E-state index contributed by atoms with van der Waals surface area (Å²) in [6, 6.07) is 11.2. The van der Waals surface area contributed by atoms with Gasteiger partial charge in [0.15, 0.2) is 0 Å². The van der Waals surface area contributed by atoms with E-state index in [9.17, 15) is 4.79 Å². The van der Waals surface area contributed by atoms with Gasteiger partial charge in [-0.2, -0.15) is 0 Å². The van der Waals surface area contributed by atoms with Gasteiger partial charge in [0.1, 0.15) is 0 Å². The van der Waals surface area contributed by atoms with Crippen LogP contribution in [0.3, 0.4) is 0 Å². The summed E-state index contributed by atoms with van der Waals surface area (Å²) in [4.78, 5) is 14.9. The van der Waals surface area contributed by atoms with Crippen molar-refractivity contribution in [3.63, 3.8) is 0 Å². The molecule has 0 spiro atoms. The normalized spacial score (nSPS) is 14.0. The lowest BCUT2D eigenvalue weighted by Crippen LogP contribution is -2.32. The number of nitrogens with one attached hydrogen (secondary N) is 1. The van der Waals surface area contributed by atoms with Gasteiger partial charge < -0.3 is 10.2 Å². The zero-order chi connectivity index (χ0) is 17.1. The average Bonchev–Trinajstić information content (AvgIpc) is 2.76. The maximum absolute atomic E-state index is 13.1. The largest absolute Gasteiger partial charge is 0.385 e. The summed E-state index contributed by atoms with van der Waals surface area (Å²) in [5, 5.41) is 4.38. The van der Waals surface area contributed by atoms with Gasteiger partial charge in [0.25, 0.3) is 5.91 Å². The van der Waals surface area contributed by atoms with Gasteiger partial charge in [-0.1, -0.05) is 23.2 Å². The smallest absolute Gasteiger partial charge is 0.259 e. The van der Waals surface area contributed by atoms with Gasteiger partial charge in [-0.05, 0) is 68.1 Å². The second kappa shape index (κ2) is 7.45. The van der Waals surface area contributed by atoms with Gasteiger partial charge >= 0.3 is 0 Å². The molecular weight excluding hydrogens is 343 g/mol. The minimum atomic E-state index is -0.0616. The van der Waals surface area contributed by atoms with E-state index >= 15 is 0 Å². The Morgan fingerprint density at radius 1 is 1.17 bits per heavy atom. The molecule has 5 heteroatoms. The van der Waals surface area contributed by atoms with E-state index in [0.717, 1.165) is 42.7 Å². The first-order valence-corrected chi connectivity index (χ1v) is 8.99. The average molecular weight is 363 g/mol. The molecule has 1 N–H and O–H groups in total. The monoisotopic (exact) mass is 362 g/mol. The third-order valence-corrected chi connectivity index (χ3v) is 4.78. The molecule has 1 aliphatic rings. The Balaban J connectivity index is 1.95. The van der Waals surface area contributed by atoms with Crippen LogP contribution in [0.4, 0.5) is 11.4 Å². The van der Waals surface area contributed by atoms with Crippen LogP contribution in [0.2, 0.25) is 10.0 Å². The first-order valence-electron chi connectivity index (χ1n) is 8.24. The number of hydrogen-bond acceptors (Lipinski definition) is 2. The van der Waals surface area contributed by atoms with Crippen molar-refractivity contribution in [2.24, 2.45) is 0 Å². The Kier molecular flexibility index (Phi) is 5.32. The Morgan fingerprint density at radius 3 is 2.75 bits per heavy atom. The minimum Gasteiger partial charge on any atom is -0.385 e. The molecule has 0 aliphatic carbocycles. The van der Waals surface area contributed by atoms with Gasteiger partial charge in [-0.3, -0.25) is 4.79 Å². The van der Waals surface area contributed by atoms with Gasteiger partial charge in [0.2, 0.25) is 0 Å². The van der Waals surface area contributed by atoms with Crippen molar-refractivity contribution < 1.29 is 4.79 Å². The maximum Gasteiger partial charge on any atom is 0.259 e. The van der Waals surface area contributed by atoms with Crippen LogP contribution in [0.5, 0.6) is 0 Å². The molecule has 0 saturated carbocycles. The molecular formula is C19H20Cl2N2O. The van der Waals surface area contributed by atoms with Gasteiger partial charge in [-0.15, -0.1) is 0 Å². The van der Waals surface area contributed by atoms with E-state index in [1.807, 2.05) is 36.1 Å². The van der Waals surface area contributed by atoms with Crippen molar-refractivity contribution in [3.05, 3.63) is 57.6 Å². The van der Waals surface area contributed by atoms with Crippen LogP contribution in [-0.2, 0) is 6.42 Å². The first-order chi connectivity index (χ1) is 11.6. The number of carbonyl (C=O) groups excluding carboxylic acids is 1. The molecule has 1 aliphatic heterocycles. The molecule has 1 amide bonds. The molecule has 126 valence electrons. The van der Waals surface area contributed by atoms with Crippen LogP contribution < -0.4 is 10.2 Å². The predicted octanol–water partition coefficient (Wildman–Crippen LogP) is 5.41. The standard InChI is InChI=1S/C19H20Cl2N2O/c1-2-22-15-7-8-16(17(21)12-15)19(24)23-10-4-3-5-13-11-14(20)6-9-18(13)23/h6-9,11-12,22H,2-5,10H2,1H3. The fourth-order valence-corrected chi connectivity index (χ4v) is 3.54. The van der Waals surface area contributed by atoms with E-state index in [1.54, 1.807) is 12.1 Å². The zero-order valence-corrected chi connectivity index (χ0v) is 15.1. The summed E-state index contributed by atoms with van der Waals surface area (Å²) in [6.45, 7) is 3.52. The Labute approximate surface area is 152 Å². The van der Waals surface area contributed by atoms with E-state index in [2.05, 4.69) is 5.32 Å². The quantitative estimate of drug-likeness (QED) is 0.791. The molecule has 0 unspecified atom stereocenters. The Bertz CT molecular complexity index is 761. The molecule has 0 radical (unpaired) electrons. The van der Waals surface area contributed by atoms with Crippen LogP contribution in [-0.4, -0.2) is 19.0 Å². The predicted molar refractivity (Wildman–Crippen MR) is 102 cm³/mol. The van der Waals surface area contributed by atoms with Crippen LogP contribution in [0.15, 0.2) is 36.4 Å². The van der Waals surface area contributed by atoms with E-state index in [-0.39, 0.29) is 5.91 Å². The Hall–Kier alpha value is -1.71. The molecule has 2 aromatic rings. The van der Waals surface area contributed by atoms with Gasteiger partial charge in [0.05, 0.1) is 10.6 Å².